The van der Waals surface area contributed by atoms with E-state index in [9.17, 15) is 4.79 Å². The van der Waals surface area contributed by atoms with Crippen LogP contribution in [0.1, 0.15) is 42.5 Å². The Bertz CT molecular complexity index is 1920. The van der Waals surface area contributed by atoms with Gasteiger partial charge < -0.3 is 38.6 Å². The molecule has 1 unspecified atom stereocenters. The van der Waals surface area contributed by atoms with Gasteiger partial charge in [-0.1, -0.05) is 30.3 Å². The van der Waals surface area contributed by atoms with E-state index in [1.165, 1.54) is 0 Å². The van der Waals surface area contributed by atoms with Crippen LogP contribution in [-0.2, 0) is 24.3 Å². The largest absolute Gasteiger partial charge is 0.497 e. The molecule has 0 bridgehead atoms. The first-order valence-electron chi connectivity index (χ1n) is 18.5. The molecule has 2 aliphatic rings. The van der Waals surface area contributed by atoms with Crippen LogP contribution in [0.3, 0.4) is 0 Å². The zero-order valence-corrected chi connectivity index (χ0v) is 31.2. The zero-order valence-electron chi connectivity index (χ0n) is 31.2. The highest BCUT2D eigenvalue weighted by Gasteiger charge is 2.46. The Balaban J connectivity index is 1.06. The molecule has 4 heterocycles. The number of imidazole rings is 1. The number of likely N-dealkylation sites (tertiary alicyclic amines) is 2. The van der Waals surface area contributed by atoms with Crippen molar-refractivity contribution in [3.63, 3.8) is 0 Å². The summed E-state index contributed by atoms with van der Waals surface area (Å²) in [5.41, 5.74) is 4.60. The number of aromatic amines is 1. The second kappa shape index (κ2) is 16.2. The Morgan fingerprint density at radius 1 is 0.849 bits per heavy atom. The number of amides is 1. The molecule has 1 amide bonds. The molecule has 2 saturated heterocycles. The van der Waals surface area contributed by atoms with E-state index >= 15 is 0 Å². The van der Waals surface area contributed by atoms with Gasteiger partial charge in [-0.3, -0.25) is 9.78 Å². The molecular weight excluding hydrogens is 668 g/mol. The van der Waals surface area contributed by atoms with E-state index in [4.69, 9.17) is 23.9 Å². The summed E-state index contributed by atoms with van der Waals surface area (Å²) in [5, 5.41) is 0. The number of benzene rings is 3. The van der Waals surface area contributed by atoms with Crippen molar-refractivity contribution in [2.24, 2.45) is 5.41 Å². The summed E-state index contributed by atoms with van der Waals surface area (Å²) in [4.78, 5) is 34.7. The summed E-state index contributed by atoms with van der Waals surface area (Å²) in [7, 11) is 6.50. The van der Waals surface area contributed by atoms with Crippen molar-refractivity contribution >= 4 is 22.9 Å². The maximum absolute atomic E-state index is 14.6. The Kier molecular flexibility index (Phi) is 11.0. The number of piperidine rings is 1. The second-order valence-corrected chi connectivity index (χ2v) is 14.2. The number of nitrogens with one attached hydrogen (secondary N) is 1. The Morgan fingerprint density at radius 3 is 2.25 bits per heavy atom. The minimum atomic E-state index is -0.509. The molecule has 53 heavy (non-hydrogen) atoms. The fourth-order valence-corrected chi connectivity index (χ4v) is 8.05. The van der Waals surface area contributed by atoms with Crippen molar-refractivity contribution in [1.82, 2.24) is 24.8 Å². The van der Waals surface area contributed by atoms with Gasteiger partial charge in [0.1, 0.15) is 5.75 Å². The van der Waals surface area contributed by atoms with Crippen LogP contribution in [0.2, 0.25) is 0 Å². The van der Waals surface area contributed by atoms with Gasteiger partial charge in [0, 0.05) is 38.4 Å². The molecule has 11 heteroatoms. The number of pyridine rings is 1. The van der Waals surface area contributed by atoms with Crippen molar-refractivity contribution in [2.75, 3.05) is 59.5 Å². The lowest BCUT2D eigenvalue weighted by molar-refractivity contribution is -0.137. The number of carbonyl (C=O) groups is 1. The molecular formula is C42H50N6O5. The van der Waals surface area contributed by atoms with Gasteiger partial charge >= 0.3 is 0 Å². The molecule has 5 aromatic rings. The number of para-hydroxylation sites is 2. The van der Waals surface area contributed by atoms with Crippen LogP contribution in [0.5, 0.6) is 23.0 Å². The zero-order chi connectivity index (χ0) is 36.8. The Labute approximate surface area is 311 Å². The third-order valence-corrected chi connectivity index (χ3v) is 11.0. The highest BCUT2D eigenvalue weighted by molar-refractivity contribution is 5.85. The van der Waals surface area contributed by atoms with Gasteiger partial charge in [-0.2, -0.15) is 0 Å². The third-order valence-electron chi connectivity index (χ3n) is 11.0. The summed E-state index contributed by atoms with van der Waals surface area (Å²) in [6.07, 6.45) is 6.11. The predicted molar refractivity (Wildman–Crippen MR) is 206 cm³/mol. The molecule has 2 fully saturated rings. The summed E-state index contributed by atoms with van der Waals surface area (Å²) in [6.45, 7) is 4.61. The summed E-state index contributed by atoms with van der Waals surface area (Å²) >= 11 is 0. The lowest BCUT2D eigenvalue weighted by atomic mass is 9.77. The van der Waals surface area contributed by atoms with Crippen LogP contribution in [-0.4, -0.2) is 91.3 Å². The second-order valence-electron chi connectivity index (χ2n) is 14.2. The molecule has 0 aliphatic carbocycles. The number of hydrogen-bond acceptors (Lipinski definition) is 9. The van der Waals surface area contributed by atoms with Crippen molar-refractivity contribution in [3.05, 3.63) is 102 Å². The van der Waals surface area contributed by atoms with Crippen LogP contribution in [0.15, 0.2) is 85.1 Å². The van der Waals surface area contributed by atoms with Gasteiger partial charge in [0.2, 0.25) is 17.6 Å². The van der Waals surface area contributed by atoms with E-state index in [1.54, 1.807) is 28.4 Å². The van der Waals surface area contributed by atoms with Crippen molar-refractivity contribution in [3.8, 4) is 23.0 Å². The smallest absolute Gasteiger partial charge is 0.229 e. The van der Waals surface area contributed by atoms with E-state index in [2.05, 4.69) is 50.1 Å². The lowest BCUT2D eigenvalue weighted by Crippen LogP contribution is -2.46. The van der Waals surface area contributed by atoms with Crippen LogP contribution in [0, 0.1) is 5.41 Å². The molecule has 2 aromatic heterocycles. The molecule has 0 saturated carbocycles. The van der Waals surface area contributed by atoms with E-state index in [1.807, 2.05) is 59.6 Å². The summed E-state index contributed by atoms with van der Waals surface area (Å²) in [6, 6.07) is 26.6. The first-order chi connectivity index (χ1) is 25.9. The SMILES string of the molecule is COc1ccc(CC2(CCN3CCC(N(Cc4ccccn4)c4nc5ccccc5[nH]4)CC3)CCN(Cc3cc(OC)c(OC)c(OC)c3)C2=O)cc1. The van der Waals surface area contributed by atoms with Crippen molar-refractivity contribution < 1.29 is 23.7 Å². The maximum atomic E-state index is 14.6. The first-order valence-corrected chi connectivity index (χ1v) is 18.5. The number of anilines is 1. The molecule has 1 atom stereocenters. The number of methoxy groups -OCH3 is 4. The minimum absolute atomic E-state index is 0.198. The van der Waals surface area contributed by atoms with Crippen LogP contribution >= 0.6 is 0 Å². The minimum Gasteiger partial charge on any atom is -0.497 e. The monoisotopic (exact) mass is 718 g/mol. The van der Waals surface area contributed by atoms with Crippen molar-refractivity contribution in [2.45, 2.75) is 51.2 Å². The number of H-pyrrole nitrogens is 1. The number of carbonyl (C=O) groups excluding carboxylic acids is 1. The van der Waals surface area contributed by atoms with Crippen molar-refractivity contribution in [1.29, 1.82) is 0 Å². The normalized spacial score (nSPS) is 18.0. The maximum Gasteiger partial charge on any atom is 0.229 e. The predicted octanol–water partition coefficient (Wildman–Crippen LogP) is 6.52. The van der Waals surface area contributed by atoms with Crippen LogP contribution in [0.4, 0.5) is 5.95 Å². The highest BCUT2D eigenvalue weighted by atomic mass is 16.5. The number of fused-ring (bicyclic) bond motifs is 1. The third kappa shape index (κ3) is 7.90. The quantitative estimate of drug-likeness (QED) is 0.130. The van der Waals surface area contributed by atoms with E-state index in [0.29, 0.717) is 49.3 Å². The molecule has 2 aliphatic heterocycles. The number of rotatable bonds is 15. The summed E-state index contributed by atoms with van der Waals surface area (Å²) < 4.78 is 22.2. The van der Waals surface area contributed by atoms with Gasteiger partial charge in [-0.25, -0.2) is 4.98 Å². The standard InChI is InChI=1S/C42H50N6O5/c1-50-34-14-12-30(13-15-34)27-42(19-24-47(40(42)49)28-31-25-37(51-2)39(53-4)38(26-31)52-3)18-23-46-21-16-33(17-22-46)48(29-32-9-7-8-20-43-32)41-44-35-10-5-6-11-36(35)45-41/h5-15,20,25-26,33H,16-19,21-24,27-29H2,1-4H3,(H,44,45). The average Bonchev–Trinajstić information content (AvgIpc) is 3.77. The fraction of sp³-hybridized carbons (Fsp3) is 0.405. The average molecular weight is 719 g/mol. The molecule has 278 valence electrons. The van der Waals surface area contributed by atoms with E-state index < -0.39 is 5.41 Å². The van der Waals surface area contributed by atoms with Gasteiger partial charge in [0.05, 0.1) is 57.1 Å². The van der Waals surface area contributed by atoms with Gasteiger partial charge in [-0.15, -0.1) is 0 Å². The molecule has 0 radical (unpaired) electrons. The number of ether oxygens (including phenoxy) is 4. The molecule has 3 aromatic carbocycles. The van der Waals surface area contributed by atoms with Gasteiger partial charge in [0.25, 0.3) is 0 Å². The topological polar surface area (TPSA) is 105 Å². The summed E-state index contributed by atoms with van der Waals surface area (Å²) in [5.74, 6) is 3.61. The Hall–Kier alpha value is -5.29. The number of hydrogen-bond donors (Lipinski definition) is 1. The molecule has 11 nitrogen and oxygen atoms in total. The number of aromatic nitrogens is 3. The molecule has 0 spiro atoms. The molecule has 7 rings (SSSR count). The van der Waals surface area contributed by atoms with Gasteiger partial charge in [-0.05, 0) is 98.3 Å². The lowest BCUT2D eigenvalue weighted by Gasteiger charge is -2.39. The number of nitrogens with zero attached hydrogens (tertiary/aromatic N) is 5. The van der Waals surface area contributed by atoms with E-state index in [-0.39, 0.29) is 5.91 Å². The van der Waals surface area contributed by atoms with E-state index in [0.717, 1.165) is 84.9 Å². The van der Waals surface area contributed by atoms with Gasteiger partial charge in [0.15, 0.2) is 11.5 Å². The molecule has 1 N–H and O–H groups in total. The highest BCUT2D eigenvalue weighted by Crippen LogP contribution is 2.42. The first kappa shape index (κ1) is 36.1. The van der Waals surface area contributed by atoms with Crippen LogP contribution < -0.4 is 23.8 Å². The fourth-order valence-electron chi connectivity index (χ4n) is 8.05. The van der Waals surface area contributed by atoms with Crippen LogP contribution in [0.25, 0.3) is 11.0 Å². The Morgan fingerprint density at radius 2 is 1.58 bits per heavy atom.